The second-order valence-corrected chi connectivity index (χ2v) is 7.44. The quantitative estimate of drug-likeness (QED) is 0.836. The van der Waals surface area contributed by atoms with Crippen molar-refractivity contribution in [2.45, 2.75) is 58.3 Å². The summed E-state index contributed by atoms with van der Waals surface area (Å²) in [7, 11) is 0. The van der Waals surface area contributed by atoms with Crippen molar-refractivity contribution in [3.63, 3.8) is 0 Å². The number of piperidine rings is 1. The molecule has 0 amide bonds. The summed E-state index contributed by atoms with van der Waals surface area (Å²) in [5, 5.41) is 3.66. The normalized spacial score (nSPS) is 33.2. The first-order valence-electron chi connectivity index (χ1n) is 9.07. The van der Waals surface area contributed by atoms with Gasteiger partial charge in [0, 0.05) is 0 Å². The van der Waals surface area contributed by atoms with E-state index in [-0.39, 0.29) is 0 Å². The lowest BCUT2D eigenvalue weighted by Crippen LogP contribution is -2.47. The van der Waals surface area contributed by atoms with Gasteiger partial charge in [-0.15, -0.1) is 0 Å². The Hall–Kier alpha value is -0.820. The molecule has 3 rings (SSSR count). The van der Waals surface area contributed by atoms with Crippen molar-refractivity contribution in [2.75, 3.05) is 13.1 Å². The first-order chi connectivity index (χ1) is 10.3. The van der Waals surface area contributed by atoms with Crippen molar-refractivity contribution in [3.8, 4) is 0 Å². The van der Waals surface area contributed by atoms with Gasteiger partial charge in [0.15, 0.2) is 0 Å². The van der Waals surface area contributed by atoms with Crippen LogP contribution in [0.15, 0.2) is 30.3 Å². The number of hydrogen-bond donors (Lipinski definition) is 1. The molecular weight excluding hydrogens is 254 g/mol. The Labute approximate surface area is 130 Å². The van der Waals surface area contributed by atoms with Gasteiger partial charge in [-0.05, 0) is 74.4 Å². The Morgan fingerprint density at radius 2 is 1.86 bits per heavy atom. The average molecular weight is 285 g/mol. The third-order valence-corrected chi connectivity index (χ3v) is 6.18. The summed E-state index contributed by atoms with van der Waals surface area (Å²) in [6, 6.07) is 11.1. The molecule has 21 heavy (non-hydrogen) atoms. The van der Waals surface area contributed by atoms with E-state index in [0.29, 0.717) is 5.41 Å². The van der Waals surface area contributed by atoms with E-state index in [1.807, 2.05) is 0 Å². The van der Waals surface area contributed by atoms with Crippen LogP contribution in [0.5, 0.6) is 0 Å². The Kier molecular flexibility index (Phi) is 5.00. The summed E-state index contributed by atoms with van der Waals surface area (Å²) in [6.07, 6.45) is 11.4. The van der Waals surface area contributed by atoms with Gasteiger partial charge in [0.2, 0.25) is 0 Å². The van der Waals surface area contributed by atoms with Gasteiger partial charge >= 0.3 is 0 Å². The standard InChI is InChI=1S/C20H31N/c1-2-6-17-9-11-20(12-10-17)13-14-21-16-19(20)15-18-7-4-3-5-8-18/h3-5,7-8,17,19,21H,2,6,9-16H2,1H3. The smallest absolute Gasteiger partial charge is 0.00120 e. The molecule has 1 N–H and O–H groups in total. The van der Waals surface area contributed by atoms with E-state index in [0.717, 1.165) is 11.8 Å². The van der Waals surface area contributed by atoms with Crippen LogP contribution in [0, 0.1) is 17.3 Å². The largest absolute Gasteiger partial charge is 0.316 e. The number of benzene rings is 1. The molecule has 1 aromatic carbocycles. The molecule has 2 aliphatic rings. The first-order valence-corrected chi connectivity index (χ1v) is 9.07. The fourth-order valence-electron chi connectivity index (χ4n) is 4.83. The van der Waals surface area contributed by atoms with Crippen molar-refractivity contribution in [3.05, 3.63) is 35.9 Å². The van der Waals surface area contributed by atoms with E-state index >= 15 is 0 Å². The summed E-state index contributed by atoms with van der Waals surface area (Å²) in [5.74, 6) is 1.86. The highest BCUT2D eigenvalue weighted by Gasteiger charge is 2.42. The van der Waals surface area contributed by atoms with Crippen LogP contribution in [0.2, 0.25) is 0 Å². The van der Waals surface area contributed by atoms with Crippen molar-refractivity contribution in [2.24, 2.45) is 17.3 Å². The lowest BCUT2D eigenvalue weighted by Gasteiger charge is -2.49. The van der Waals surface area contributed by atoms with Gasteiger partial charge in [0.1, 0.15) is 0 Å². The molecule has 1 atom stereocenters. The van der Waals surface area contributed by atoms with Gasteiger partial charge < -0.3 is 5.32 Å². The van der Waals surface area contributed by atoms with E-state index in [9.17, 15) is 0 Å². The van der Waals surface area contributed by atoms with Crippen LogP contribution < -0.4 is 5.32 Å². The van der Waals surface area contributed by atoms with Gasteiger partial charge in [-0.2, -0.15) is 0 Å². The van der Waals surface area contributed by atoms with Crippen LogP contribution >= 0.6 is 0 Å². The molecule has 0 bridgehead atoms. The van der Waals surface area contributed by atoms with Gasteiger partial charge in [0.25, 0.3) is 0 Å². The van der Waals surface area contributed by atoms with Crippen molar-refractivity contribution < 1.29 is 0 Å². The van der Waals surface area contributed by atoms with Crippen LogP contribution in [0.25, 0.3) is 0 Å². The van der Waals surface area contributed by atoms with Gasteiger partial charge in [-0.3, -0.25) is 0 Å². The third kappa shape index (κ3) is 3.51. The highest BCUT2D eigenvalue weighted by molar-refractivity contribution is 5.16. The summed E-state index contributed by atoms with van der Waals surface area (Å²) in [5.41, 5.74) is 2.17. The Morgan fingerprint density at radius 1 is 1.10 bits per heavy atom. The molecule has 1 saturated heterocycles. The van der Waals surface area contributed by atoms with Gasteiger partial charge in [0.05, 0.1) is 0 Å². The minimum absolute atomic E-state index is 0.644. The van der Waals surface area contributed by atoms with Crippen LogP contribution in [0.4, 0.5) is 0 Å². The van der Waals surface area contributed by atoms with E-state index in [4.69, 9.17) is 0 Å². The molecule has 1 aromatic rings. The lowest BCUT2D eigenvalue weighted by molar-refractivity contribution is 0.0390. The first kappa shape index (κ1) is 15.1. The minimum atomic E-state index is 0.644. The van der Waals surface area contributed by atoms with Crippen LogP contribution in [-0.2, 0) is 6.42 Å². The van der Waals surface area contributed by atoms with Crippen LogP contribution in [-0.4, -0.2) is 13.1 Å². The van der Waals surface area contributed by atoms with Crippen molar-refractivity contribution >= 4 is 0 Å². The SMILES string of the molecule is CCCC1CCC2(CCNCC2Cc2ccccc2)CC1. The Morgan fingerprint density at radius 3 is 2.57 bits per heavy atom. The predicted molar refractivity (Wildman–Crippen MR) is 90.4 cm³/mol. The van der Waals surface area contributed by atoms with Gasteiger partial charge in [-0.25, -0.2) is 0 Å². The Balaban J connectivity index is 1.67. The molecule has 1 saturated carbocycles. The summed E-state index contributed by atoms with van der Waals surface area (Å²) in [6.45, 7) is 4.81. The molecule has 1 aliphatic heterocycles. The topological polar surface area (TPSA) is 12.0 Å². The predicted octanol–water partition coefficient (Wildman–Crippen LogP) is 4.82. The molecule has 0 radical (unpaired) electrons. The number of hydrogen-bond acceptors (Lipinski definition) is 1. The molecule has 1 heteroatoms. The van der Waals surface area contributed by atoms with Crippen molar-refractivity contribution in [1.29, 1.82) is 0 Å². The minimum Gasteiger partial charge on any atom is -0.316 e. The maximum atomic E-state index is 3.66. The molecule has 1 heterocycles. The zero-order chi connectivity index (χ0) is 14.5. The summed E-state index contributed by atoms with van der Waals surface area (Å²) in [4.78, 5) is 0. The van der Waals surface area contributed by atoms with E-state index in [2.05, 4.69) is 42.6 Å². The zero-order valence-electron chi connectivity index (χ0n) is 13.6. The number of nitrogens with one attached hydrogen (secondary N) is 1. The van der Waals surface area contributed by atoms with E-state index < -0.39 is 0 Å². The second-order valence-electron chi connectivity index (χ2n) is 7.44. The maximum absolute atomic E-state index is 3.66. The molecule has 1 spiro atoms. The molecule has 1 nitrogen and oxygen atoms in total. The van der Waals surface area contributed by atoms with Crippen molar-refractivity contribution in [1.82, 2.24) is 5.32 Å². The average Bonchev–Trinajstić information content (AvgIpc) is 2.53. The molecule has 2 fully saturated rings. The molecule has 1 unspecified atom stereocenters. The molecule has 0 aromatic heterocycles. The Bertz CT molecular complexity index is 417. The summed E-state index contributed by atoms with van der Waals surface area (Å²) >= 11 is 0. The van der Waals surface area contributed by atoms with E-state index in [1.165, 1.54) is 70.0 Å². The van der Waals surface area contributed by atoms with E-state index in [1.54, 1.807) is 0 Å². The zero-order valence-corrected chi connectivity index (χ0v) is 13.6. The highest BCUT2D eigenvalue weighted by atomic mass is 14.9. The maximum Gasteiger partial charge on any atom is -0.00120 e. The molecule has 1 aliphatic carbocycles. The summed E-state index contributed by atoms with van der Waals surface area (Å²) < 4.78 is 0. The van der Waals surface area contributed by atoms with Crippen LogP contribution in [0.3, 0.4) is 0 Å². The number of rotatable bonds is 4. The third-order valence-electron chi connectivity index (χ3n) is 6.18. The molecular formula is C20H31N. The van der Waals surface area contributed by atoms with Gasteiger partial charge in [-0.1, -0.05) is 50.1 Å². The molecule has 116 valence electrons. The highest BCUT2D eigenvalue weighted by Crippen LogP contribution is 2.49. The fourth-order valence-corrected chi connectivity index (χ4v) is 4.83. The fraction of sp³-hybridized carbons (Fsp3) is 0.700. The van der Waals surface area contributed by atoms with Crippen LogP contribution in [0.1, 0.15) is 57.4 Å². The lowest BCUT2D eigenvalue weighted by atomic mass is 9.59. The monoisotopic (exact) mass is 285 g/mol. The second kappa shape index (κ2) is 6.96.